The number of nitrogens with zero attached hydrogens (tertiary/aromatic N) is 2. The Hall–Kier alpha value is -1.40. The van der Waals surface area contributed by atoms with E-state index in [0.29, 0.717) is 18.4 Å². The standard InChI is InChI=1S/C18H30N4O2/c1-13-14(2)24-18(21-13)12-22-8-5-15(6-9-22)11-20-17(23)10-16-4-3-7-19-16/h15-16,19H,3-12H2,1-2H3,(H,20,23). The highest BCUT2D eigenvalue weighted by Crippen LogP contribution is 2.19. The summed E-state index contributed by atoms with van der Waals surface area (Å²) in [4.78, 5) is 18.9. The van der Waals surface area contributed by atoms with E-state index < -0.39 is 0 Å². The molecule has 2 saturated heterocycles. The Kier molecular flexibility index (Phi) is 5.89. The Bertz CT molecular complexity index is 524. The van der Waals surface area contributed by atoms with Gasteiger partial charge in [-0.05, 0) is 65.1 Å². The van der Waals surface area contributed by atoms with E-state index in [1.807, 2.05) is 13.8 Å². The van der Waals surface area contributed by atoms with Crippen molar-refractivity contribution >= 4 is 5.91 Å². The quantitative estimate of drug-likeness (QED) is 0.829. The molecule has 2 fully saturated rings. The van der Waals surface area contributed by atoms with Gasteiger partial charge < -0.3 is 15.1 Å². The number of carbonyl (C=O) groups excluding carboxylic acids is 1. The van der Waals surface area contributed by atoms with E-state index in [9.17, 15) is 4.79 Å². The molecule has 24 heavy (non-hydrogen) atoms. The first-order valence-corrected chi connectivity index (χ1v) is 9.25. The predicted octanol–water partition coefficient (Wildman–Crippen LogP) is 1.76. The highest BCUT2D eigenvalue weighted by molar-refractivity contribution is 5.76. The lowest BCUT2D eigenvalue weighted by Gasteiger charge is -2.31. The predicted molar refractivity (Wildman–Crippen MR) is 92.6 cm³/mol. The molecule has 2 aliphatic heterocycles. The molecule has 6 nitrogen and oxygen atoms in total. The first-order chi connectivity index (χ1) is 11.6. The van der Waals surface area contributed by atoms with Gasteiger partial charge in [-0.1, -0.05) is 0 Å². The van der Waals surface area contributed by atoms with Crippen LogP contribution in [0.15, 0.2) is 4.42 Å². The van der Waals surface area contributed by atoms with E-state index in [2.05, 4.69) is 20.5 Å². The number of likely N-dealkylation sites (tertiary alicyclic amines) is 1. The maximum absolute atomic E-state index is 12.0. The summed E-state index contributed by atoms with van der Waals surface area (Å²) < 4.78 is 5.67. The number of hydrogen-bond acceptors (Lipinski definition) is 5. The molecule has 134 valence electrons. The van der Waals surface area contributed by atoms with E-state index in [0.717, 1.165) is 69.3 Å². The molecule has 1 aromatic rings. The van der Waals surface area contributed by atoms with Gasteiger partial charge in [-0.2, -0.15) is 0 Å². The van der Waals surface area contributed by atoms with E-state index >= 15 is 0 Å². The average Bonchev–Trinajstić information content (AvgIpc) is 3.17. The third kappa shape index (κ3) is 4.80. The van der Waals surface area contributed by atoms with Gasteiger partial charge in [0.15, 0.2) is 0 Å². The van der Waals surface area contributed by atoms with Gasteiger partial charge in [0, 0.05) is 19.0 Å². The van der Waals surface area contributed by atoms with Crippen molar-refractivity contribution in [2.45, 2.75) is 58.5 Å². The van der Waals surface area contributed by atoms with Gasteiger partial charge in [-0.3, -0.25) is 9.69 Å². The molecule has 0 saturated carbocycles. The van der Waals surface area contributed by atoms with Gasteiger partial charge in [0.1, 0.15) is 5.76 Å². The number of amides is 1. The van der Waals surface area contributed by atoms with Gasteiger partial charge in [0.2, 0.25) is 11.8 Å². The highest BCUT2D eigenvalue weighted by atomic mass is 16.4. The normalized spacial score (nSPS) is 22.8. The zero-order valence-corrected chi connectivity index (χ0v) is 14.9. The van der Waals surface area contributed by atoms with Gasteiger partial charge in [0.05, 0.1) is 12.2 Å². The Morgan fingerprint density at radius 2 is 2.12 bits per heavy atom. The van der Waals surface area contributed by atoms with Crippen LogP contribution in [-0.4, -0.2) is 48.0 Å². The molecule has 1 unspecified atom stereocenters. The van der Waals surface area contributed by atoms with Crippen LogP contribution >= 0.6 is 0 Å². The van der Waals surface area contributed by atoms with Gasteiger partial charge in [0.25, 0.3) is 0 Å². The fourth-order valence-electron chi connectivity index (χ4n) is 3.63. The van der Waals surface area contributed by atoms with Crippen LogP contribution in [-0.2, 0) is 11.3 Å². The van der Waals surface area contributed by atoms with Gasteiger partial charge in [-0.15, -0.1) is 0 Å². The summed E-state index contributed by atoms with van der Waals surface area (Å²) in [5.41, 5.74) is 0.986. The summed E-state index contributed by atoms with van der Waals surface area (Å²) in [6.45, 7) is 8.70. The topological polar surface area (TPSA) is 70.4 Å². The number of aryl methyl sites for hydroxylation is 2. The zero-order valence-electron chi connectivity index (χ0n) is 14.9. The lowest BCUT2D eigenvalue weighted by molar-refractivity contribution is -0.121. The van der Waals surface area contributed by atoms with Crippen LogP contribution in [0.3, 0.4) is 0 Å². The number of rotatable bonds is 6. The molecule has 1 aromatic heterocycles. The van der Waals surface area contributed by atoms with E-state index in [4.69, 9.17) is 4.42 Å². The molecule has 3 heterocycles. The molecule has 0 bridgehead atoms. The molecule has 0 aromatic carbocycles. The molecule has 6 heteroatoms. The first kappa shape index (κ1) is 17.4. The number of oxazole rings is 1. The molecule has 1 atom stereocenters. The summed E-state index contributed by atoms with van der Waals surface area (Å²) in [6.07, 6.45) is 5.20. The molecule has 2 N–H and O–H groups in total. The molecule has 0 radical (unpaired) electrons. The number of piperidine rings is 1. The smallest absolute Gasteiger partial charge is 0.221 e. The number of nitrogens with one attached hydrogen (secondary N) is 2. The monoisotopic (exact) mass is 334 g/mol. The second kappa shape index (κ2) is 8.12. The first-order valence-electron chi connectivity index (χ1n) is 9.25. The van der Waals surface area contributed by atoms with Crippen molar-refractivity contribution in [3.8, 4) is 0 Å². The van der Waals surface area contributed by atoms with Crippen LogP contribution in [0.25, 0.3) is 0 Å². The Morgan fingerprint density at radius 3 is 2.75 bits per heavy atom. The van der Waals surface area contributed by atoms with Crippen molar-refractivity contribution in [2.75, 3.05) is 26.2 Å². The summed E-state index contributed by atoms with van der Waals surface area (Å²) in [5, 5.41) is 6.50. The maximum atomic E-state index is 12.0. The van der Waals surface area contributed by atoms with E-state index in [-0.39, 0.29) is 5.91 Å². The zero-order chi connectivity index (χ0) is 16.9. The van der Waals surface area contributed by atoms with Crippen molar-refractivity contribution in [3.63, 3.8) is 0 Å². The molecule has 3 rings (SSSR count). The minimum absolute atomic E-state index is 0.197. The van der Waals surface area contributed by atoms with Crippen molar-refractivity contribution in [3.05, 3.63) is 17.3 Å². The molecule has 0 spiro atoms. The third-order valence-electron chi connectivity index (χ3n) is 5.32. The van der Waals surface area contributed by atoms with Crippen molar-refractivity contribution < 1.29 is 9.21 Å². The SMILES string of the molecule is Cc1nc(CN2CCC(CNC(=O)CC3CCCN3)CC2)oc1C. The third-order valence-corrected chi connectivity index (χ3v) is 5.32. The van der Waals surface area contributed by atoms with Crippen LogP contribution in [0.5, 0.6) is 0 Å². The summed E-state index contributed by atoms with van der Waals surface area (Å²) in [6, 6.07) is 0.388. The van der Waals surface area contributed by atoms with Crippen molar-refractivity contribution in [2.24, 2.45) is 5.92 Å². The molecule has 1 amide bonds. The van der Waals surface area contributed by atoms with E-state index in [1.54, 1.807) is 0 Å². The van der Waals surface area contributed by atoms with E-state index in [1.165, 1.54) is 6.42 Å². The van der Waals surface area contributed by atoms with Gasteiger partial charge in [-0.25, -0.2) is 4.98 Å². The number of carbonyl (C=O) groups is 1. The highest BCUT2D eigenvalue weighted by Gasteiger charge is 2.22. The maximum Gasteiger partial charge on any atom is 0.221 e. The summed E-state index contributed by atoms with van der Waals surface area (Å²) in [7, 11) is 0. The van der Waals surface area contributed by atoms with Crippen molar-refractivity contribution in [1.82, 2.24) is 20.5 Å². The minimum atomic E-state index is 0.197. The molecular formula is C18H30N4O2. The average molecular weight is 334 g/mol. The van der Waals surface area contributed by atoms with Crippen LogP contribution in [0.1, 0.15) is 49.4 Å². The lowest BCUT2D eigenvalue weighted by atomic mass is 9.96. The molecule has 0 aliphatic carbocycles. The van der Waals surface area contributed by atoms with Crippen LogP contribution < -0.4 is 10.6 Å². The van der Waals surface area contributed by atoms with Crippen LogP contribution in [0.4, 0.5) is 0 Å². The number of hydrogen-bond donors (Lipinski definition) is 2. The fourth-order valence-corrected chi connectivity index (χ4v) is 3.63. The Labute approximate surface area is 144 Å². The minimum Gasteiger partial charge on any atom is -0.444 e. The molecule has 2 aliphatic rings. The Morgan fingerprint density at radius 1 is 1.33 bits per heavy atom. The summed E-state index contributed by atoms with van der Waals surface area (Å²) in [5.74, 6) is 2.53. The number of aromatic nitrogens is 1. The van der Waals surface area contributed by atoms with Gasteiger partial charge >= 0.3 is 0 Å². The fraction of sp³-hybridized carbons (Fsp3) is 0.778. The Balaban J connectivity index is 1.33. The van der Waals surface area contributed by atoms with Crippen LogP contribution in [0, 0.1) is 19.8 Å². The van der Waals surface area contributed by atoms with Crippen LogP contribution in [0.2, 0.25) is 0 Å². The largest absolute Gasteiger partial charge is 0.444 e. The van der Waals surface area contributed by atoms with Crippen molar-refractivity contribution in [1.29, 1.82) is 0 Å². The molecular weight excluding hydrogens is 304 g/mol. The second-order valence-electron chi connectivity index (χ2n) is 7.27. The second-order valence-corrected chi connectivity index (χ2v) is 7.27. The lowest BCUT2D eigenvalue weighted by Crippen LogP contribution is -2.39. The summed E-state index contributed by atoms with van der Waals surface area (Å²) >= 11 is 0.